The fourth-order valence-electron chi connectivity index (χ4n) is 0. The molecule has 0 bridgehead atoms. The second kappa shape index (κ2) is 20.0. The summed E-state index contributed by atoms with van der Waals surface area (Å²) >= 11 is 0.300. The van der Waals surface area contributed by atoms with E-state index in [0.717, 1.165) is 0 Å². The molecule has 0 saturated carbocycles. The van der Waals surface area contributed by atoms with Crippen LogP contribution in [0.3, 0.4) is 0 Å². The zero-order valence-corrected chi connectivity index (χ0v) is 5.43. The van der Waals surface area contributed by atoms with E-state index in [1.165, 1.54) is 0 Å². The van der Waals surface area contributed by atoms with Gasteiger partial charge < -0.3 is 0 Å². The van der Waals surface area contributed by atoms with Crippen molar-refractivity contribution in [1.29, 1.82) is 0 Å². The van der Waals surface area contributed by atoms with Crippen LogP contribution in [0, 0.1) is 0 Å². The summed E-state index contributed by atoms with van der Waals surface area (Å²) < 4.78 is 8.34. The van der Waals surface area contributed by atoms with Crippen LogP contribution in [0.2, 0.25) is 0 Å². The Balaban J connectivity index is -0.00000000500. The Morgan fingerprint density at radius 2 is 1.25 bits per heavy atom. The van der Waals surface area contributed by atoms with Crippen molar-refractivity contribution in [3.63, 3.8) is 0 Å². The summed E-state index contributed by atoms with van der Waals surface area (Å²) in [4.78, 5) is 0. The van der Waals surface area contributed by atoms with Crippen molar-refractivity contribution in [2.45, 2.75) is 0 Å². The van der Waals surface area contributed by atoms with Crippen LogP contribution in [0.25, 0.3) is 0 Å². The maximum Gasteiger partial charge on any atom is 0 e. The molecule has 0 aromatic carbocycles. The van der Waals surface area contributed by atoms with Crippen molar-refractivity contribution in [3.8, 4) is 0 Å². The molecule has 0 atom stereocenters. The quantitative estimate of drug-likeness (QED) is 0.428. The van der Waals surface area contributed by atoms with E-state index in [4.69, 9.17) is 2.81 Å². The van der Waals surface area contributed by atoms with Crippen LogP contribution < -0.4 is 0 Å². The van der Waals surface area contributed by atoms with E-state index in [-0.39, 0.29) is 40.6 Å². The van der Waals surface area contributed by atoms with Crippen molar-refractivity contribution in [1.82, 2.24) is 0 Å². The SMILES string of the molecule is [LiH].[O]=[Zr].[Ti]. The zero-order chi connectivity index (χ0) is 2.00. The first-order valence-electron chi connectivity index (χ1n) is 0.204. The molecule has 0 spiro atoms. The van der Waals surface area contributed by atoms with Gasteiger partial charge in [0.25, 0.3) is 0 Å². The van der Waals surface area contributed by atoms with Crippen LogP contribution in [0.5, 0.6) is 0 Å². The average Bonchev–Trinajstić information content (AvgIpc) is 1.00. The van der Waals surface area contributed by atoms with Crippen LogP contribution in [0.1, 0.15) is 0 Å². The van der Waals surface area contributed by atoms with E-state index in [1.807, 2.05) is 0 Å². The Morgan fingerprint density at radius 1 is 1.25 bits per heavy atom. The van der Waals surface area contributed by atoms with Gasteiger partial charge in [0.05, 0.1) is 0 Å². The molecule has 0 N–H and O–H groups in total. The first-order valence-corrected chi connectivity index (χ1v) is 1.21. The third-order valence-electron chi connectivity index (χ3n) is 0. The monoisotopic (exact) mass is 162 g/mol. The summed E-state index contributed by atoms with van der Waals surface area (Å²) in [6.07, 6.45) is 0. The van der Waals surface area contributed by atoms with Gasteiger partial charge in [-0.2, -0.15) is 0 Å². The molecule has 1 nitrogen and oxygen atoms in total. The molecular weight excluding hydrogens is 162 g/mol. The Bertz CT molecular complexity index is 8.00. The minimum Gasteiger partial charge on any atom is 0 e. The number of rotatable bonds is 0. The Kier molecular flexibility index (Phi) is 83.5. The maximum atomic E-state index is 8.34. The fraction of sp³-hybridized carbons (Fsp3) is 0. The van der Waals surface area contributed by atoms with Crippen LogP contribution in [0.15, 0.2) is 0 Å². The maximum absolute atomic E-state index is 8.34. The standard InChI is InChI=1S/Li.O.Ti.Zr.H. The normalized spacial score (nSPS) is 0.750. The third kappa shape index (κ3) is 9.00. The van der Waals surface area contributed by atoms with Crippen molar-refractivity contribution in [2.24, 2.45) is 0 Å². The van der Waals surface area contributed by atoms with Crippen molar-refractivity contribution in [3.05, 3.63) is 0 Å². The summed E-state index contributed by atoms with van der Waals surface area (Å²) in [6.45, 7) is 0. The Morgan fingerprint density at radius 3 is 1.25 bits per heavy atom. The van der Waals surface area contributed by atoms with E-state index in [9.17, 15) is 0 Å². The third-order valence-corrected chi connectivity index (χ3v) is 0. The molecule has 0 rings (SSSR count). The molecule has 0 aliphatic carbocycles. The van der Waals surface area contributed by atoms with E-state index in [0.29, 0.717) is 24.7 Å². The van der Waals surface area contributed by atoms with Gasteiger partial charge in [-0.25, -0.2) is 0 Å². The minimum absolute atomic E-state index is 0. The molecule has 4 heteroatoms. The van der Waals surface area contributed by atoms with E-state index >= 15 is 0 Å². The molecule has 0 heterocycles. The van der Waals surface area contributed by atoms with Crippen LogP contribution in [0.4, 0.5) is 0 Å². The van der Waals surface area contributed by atoms with Gasteiger partial charge in [0.15, 0.2) is 0 Å². The van der Waals surface area contributed by atoms with Crippen molar-refractivity contribution in [2.75, 3.05) is 0 Å². The smallest absolute Gasteiger partial charge is 0 e. The molecule has 0 saturated heterocycles. The molecule has 0 aliphatic heterocycles. The van der Waals surface area contributed by atoms with E-state index in [2.05, 4.69) is 0 Å². The molecule has 0 fully saturated rings. The summed E-state index contributed by atoms with van der Waals surface area (Å²) in [5.41, 5.74) is 0. The van der Waals surface area contributed by atoms with E-state index < -0.39 is 0 Å². The number of hydrogen-bond acceptors (Lipinski definition) is 1. The predicted octanol–water partition coefficient (Wildman–Crippen LogP) is -0.772. The molecule has 4 heavy (non-hydrogen) atoms. The Labute approximate surface area is 67.3 Å². The average molecular weight is 163 g/mol. The van der Waals surface area contributed by atoms with Gasteiger partial charge in [0, 0.05) is 21.7 Å². The van der Waals surface area contributed by atoms with Crippen LogP contribution in [-0.2, 0) is 49.3 Å². The van der Waals surface area contributed by atoms with Gasteiger partial charge in [-0.05, 0) is 0 Å². The first kappa shape index (κ1) is 16.7. The topological polar surface area (TPSA) is 17.1 Å². The summed E-state index contributed by atoms with van der Waals surface area (Å²) in [5, 5.41) is 0. The zero-order valence-electron chi connectivity index (χ0n) is 1.41. The summed E-state index contributed by atoms with van der Waals surface area (Å²) in [5.74, 6) is 0. The van der Waals surface area contributed by atoms with Gasteiger partial charge in [0.2, 0.25) is 0 Å². The van der Waals surface area contributed by atoms with E-state index in [1.54, 1.807) is 0 Å². The molecular formula is HLiOTiZr. The van der Waals surface area contributed by atoms with Gasteiger partial charge >= 0.3 is 46.4 Å². The Hall–Kier alpha value is 1.99. The van der Waals surface area contributed by atoms with Gasteiger partial charge in [0.1, 0.15) is 0 Å². The first-order chi connectivity index (χ1) is 1.00. The summed E-state index contributed by atoms with van der Waals surface area (Å²) in [7, 11) is 0. The second-order valence-corrected chi connectivity index (χ2v) is 0. The fourth-order valence-corrected chi connectivity index (χ4v) is 0. The van der Waals surface area contributed by atoms with Crippen LogP contribution >= 0.6 is 0 Å². The molecule has 0 aliphatic rings. The van der Waals surface area contributed by atoms with Gasteiger partial charge in [-0.1, -0.05) is 0 Å². The molecule has 0 amide bonds. The molecule has 0 aromatic heterocycles. The largest absolute Gasteiger partial charge is 0 e. The van der Waals surface area contributed by atoms with Crippen molar-refractivity contribution >= 4 is 18.9 Å². The predicted molar refractivity (Wildman–Crippen MR) is 7.84 cm³/mol. The molecule has 0 radical (unpaired) electrons. The summed E-state index contributed by atoms with van der Waals surface area (Å²) in [6, 6.07) is 0. The van der Waals surface area contributed by atoms with Crippen LogP contribution in [-0.4, -0.2) is 18.9 Å². The molecule has 0 aromatic rings. The molecule has 16 valence electrons. The molecule has 0 unspecified atom stereocenters. The van der Waals surface area contributed by atoms with Gasteiger partial charge in [-0.15, -0.1) is 0 Å². The van der Waals surface area contributed by atoms with Gasteiger partial charge in [-0.3, -0.25) is 0 Å². The second-order valence-electron chi connectivity index (χ2n) is 0. The van der Waals surface area contributed by atoms with Crippen molar-refractivity contribution < 1.29 is 49.3 Å². The minimum atomic E-state index is 0. The number of hydrogen-bond donors (Lipinski definition) is 0.